The predicted molar refractivity (Wildman–Crippen MR) is 59.5 cm³/mol. The average molecular weight is 295 g/mol. The van der Waals surface area contributed by atoms with Crippen LogP contribution in [0.1, 0.15) is 5.56 Å². The second-order valence-corrected chi connectivity index (χ2v) is 5.14. The maximum Gasteiger partial charge on any atom is 0.441 e. The Morgan fingerprint density at radius 1 is 1.21 bits per heavy atom. The highest BCUT2D eigenvalue weighted by Gasteiger charge is 2.42. The molecular formula is C10H8F3NO4S. The number of benzene rings is 1. The number of carbonyl (C=O) groups is 1. The van der Waals surface area contributed by atoms with Gasteiger partial charge in [-0.1, -0.05) is 17.7 Å². The summed E-state index contributed by atoms with van der Waals surface area (Å²) in [5.74, 6) is -2.46. The van der Waals surface area contributed by atoms with Crippen LogP contribution in [-0.2, 0) is 14.8 Å². The lowest BCUT2D eigenvalue weighted by Crippen LogP contribution is -2.31. The summed E-state index contributed by atoms with van der Waals surface area (Å²) in [6, 6.07) is 4.81. The van der Waals surface area contributed by atoms with Crippen molar-refractivity contribution in [2.75, 3.05) is 0 Å². The molecule has 0 atom stereocenters. The summed E-state index contributed by atoms with van der Waals surface area (Å²) in [6.07, 6.45) is -5.36. The van der Waals surface area contributed by atoms with Crippen LogP contribution in [0.4, 0.5) is 13.2 Å². The lowest BCUT2D eigenvalue weighted by atomic mass is 10.2. The zero-order chi connectivity index (χ0) is 14.8. The molecule has 0 bridgehead atoms. The Labute approximate surface area is 106 Å². The van der Waals surface area contributed by atoms with E-state index in [-0.39, 0.29) is 0 Å². The molecule has 0 saturated heterocycles. The molecule has 1 N–H and O–H groups in total. The van der Waals surface area contributed by atoms with Gasteiger partial charge in [0.05, 0.1) is 4.90 Å². The van der Waals surface area contributed by atoms with Crippen LogP contribution in [0.5, 0.6) is 0 Å². The first-order chi connectivity index (χ1) is 8.54. The second-order valence-electron chi connectivity index (χ2n) is 3.53. The fourth-order valence-corrected chi connectivity index (χ4v) is 2.10. The molecule has 1 aromatic carbocycles. The Balaban J connectivity index is 3.35. The molecule has 9 heteroatoms. The van der Waals surface area contributed by atoms with Gasteiger partial charge in [-0.2, -0.15) is 21.6 Å². The summed E-state index contributed by atoms with van der Waals surface area (Å²) in [5.41, 5.74) is -1.69. The van der Waals surface area contributed by atoms with Crippen molar-refractivity contribution in [1.29, 1.82) is 0 Å². The molecule has 0 spiro atoms. The first-order valence-corrected chi connectivity index (χ1v) is 6.20. The third-order valence-corrected chi connectivity index (χ3v) is 3.29. The maximum atomic E-state index is 12.3. The Morgan fingerprint density at radius 2 is 1.68 bits per heavy atom. The van der Waals surface area contributed by atoms with Crippen molar-refractivity contribution >= 4 is 21.7 Å². The van der Waals surface area contributed by atoms with E-state index in [1.807, 2.05) is 0 Å². The SMILES string of the molecule is Cc1ccc(S(=O)(=O)/N=C(/C(=O)O)C(F)(F)F)cc1. The quantitative estimate of drug-likeness (QED) is 0.861. The van der Waals surface area contributed by atoms with Crippen molar-refractivity contribution in [2.24, 2.45) is 4.40 Å². The van der Waals surface area contributed by atoms with Crippen LogP contribution in [0.3, 0.4) is 0 Å². The van der Waals surface area contributed by atoms with Crippen molar-refractivity contribution in [3.05, 3.63) is 29.8 Å². The highest BCUT2D eigenvalue weighted by molar-refractivity contribution is 7.90. The van der Waals surface area contributed by atoms with Crippen molar-refractivity contribution in [3.63, 3.8) is 0 Å². The van der Waals surface area contributed by atoms with Gasteiger partial charge in [-0.05, 0) is 19.1 Å². The number of nitrogens with zero attached hydrogens (tertiary/aromatic N) is 1. The second kappa shape index (κ2) is 5.00. The van der Waals surface area contributed by atoms with Crippen LogP contribution in [0.15, 0.2) is 33.6 Å². The normalized spacial score (nSPS) is 13.4. The first kappa shape index (κ1) is 15.2. The summed E-state index contributed by atoms with van der Waals surface area (Å²) in [5, 5.41) is 8.35. The average Bonchev–Trinajstić information content (AvgIpc) is 2.24. The molecule has 0 amide bonds. The summed E-state index contributed by atoms with van der Waals surface area (Å²) >= 11 is 0. The Bertz CT molecular complexity index is 617. The van der Waals surface area contributed by atoms with Crippen LogP contribution in [0, 0.1) is 6.92 Å². The van der Waals surface area contributed by atoms with Gasteiger partial charge in [0.2, 0.25) is 5.71 Å². The number of carboxylic acid groups (broad SMARTS) is 1. The number of aliphatic carboxylic acids is 1. The number of alkyl halides is 3. The molecular weight excluding hydrogens is 287 g/mol. The zero-order valence-electron chi connectivity index (χ0n) is 9.47. The van der Waals surface area contributed by atoms with E-state index in [0.717, 1.165) is 12.1 Å². The third kappa shape index (κ3) is 3.78. The van der Waals surface area contributed by atoms with E-state index in [4.69, 9.17) is 5.11 Å². The Morgan fingerprint density at radius 3 is 2.05 bits per heavy atom. The molecule has 0 saturated carbocycles. The minimum Gasteiger partial charge on any atom is -0.476 e. The van der Waals surface area contributed by atoms with E-state index in [1.54, 1.807) is 6.92 Å². The van der Waals surface area contributed by atoms with Crippen LogP contribution < -0.4 is 0 Å². The molecule has 5 nitrogen and oxygen atoms in total. The monoisotopic (exact) mass is 295 g/mol. The molecule has 0 aliphatic heterocycles. The number of halogens is 3. The number of aryl methyl sites for hydroxylation is 1. The molecule has 0 aliphatic carbocycles. The topological polar surface area (TPSA) is 83.8 Å². The minimum atomic E-state index is -5.36. The van der Waals surface area contributed by atoms with Gasteiger partial charge < -0.3 is 5.11 Å². The summed E-state index contributed by atoms with van der Waals surface area (Å²) < 4.78 is 62.4. The molecule has 19 heavy (non-hydrogen) atoms. The molecule has 0 aromatic heterocycles. The molecule has 0 aliphatic rings. The first-order valence-electron chi connectivity index (χ1n) is 4.76. The van der Waals surface area contributed by atoms with Gasteiger partial charge in [0, 0.05) is 0 Å². The number of rotatable bonds is 3. The Kier molecular flexibility index (Phi) is 3.99. The van der Waals surface area contributed by atoms with Crippen molar-refractivity contribution < 1.29 is 31.5 Å². The molecule has 0 heterocycles. The number of hydrogen-bond acceptors (Lipinski definition) is 3. The van der Waals surface area contributed by atoms with E-state index < -0.39 is 32.8 Å². The van der Waals surface area contributed by atoms with E-state index in [0.29, 0.717) is 5.56 Å². The summed E-state index contributed by atoms with van der Waals surface area (Å²) in [6.45, 7) is 1.65. The predicted octanol–water partition coefficient (Wildman–Crippen LogP) is 1.77. The minimum absolute atomic E-state index is 0.513. The lowest BCUT2D eigenvalue weighted by molar-refractivity contribution is -0.133. The van der Waals surface area contributed by atoms with Gasteiger partial charge in [0.25, 0.3) is 10.0 Å². The van der Waals surface area contributed by atoms with Crippen LogP contribution in [0.25, 0.3) is 0 Å². The van der Waals surface area contributed by atoms with Crippen molar-refractivity contribution in [3.8, 4) is 0 Å². The van der Waals surface area contributed by atoms with Gasteiger partial charge in [-0.25, -0.2) is 4.79 Å². The number of sulfonamides is 1. The van der Waals surface area contributed by atoms with E-state index in [1.165, 1.54) is 12.1 Å². The van der Waals surface area contributed by atoms with Gasteiger partial charge >= 0.3 is 12.1 Å². The molecule has 0 radical (unpaired) electrons. The van der Waals surface area contributed by atoms with Gasteiger partial charge in [0.15, 0.2) is 0 Å². The molecule has 1 aromatic rings. The van der Waals surface area contributed by atoms with Gasteiger partial charge in [-0.3, -0.25) is 0 Å². The molecule has 0 fully saturated rings. The zero-order valence-corrected chi connectivity index (χ0v) is 10.3. The highest BCUT2D eigenvalue weighted by atomic mass is 32.2. The smallest absolute Gasteiger partial charge is 0.441 e. The maximum absolute atomic E-state index is 12.3. The van der Waals surface area contributed by atoms with E-state index in [9.17, 15) is 26.4 Å². The summed E-state index contributed by atoms with van der Waals surface area (Å²) in [4.78, 5) is 9.88. The number of carboxylic acids is 1. The van der Waals surface area contributed by atoms with Crippen molar-refractivity contribution in [2.45, 2.75) is 18.0 Å². The van der Waals surface area contributed by atoms with Crippen LogP contribution >= 0.6 is 0 Å². The highest BCUT2D eigenvalue weighted by Crippen LogP contribution is 2.21. The van der Waals surface area contributed by atoms with E-state index >= 15 is 0 Å². The standard InChI is InChI=1S/C10H8F3NO4S/c1-6-2-4-7(5-3-6)19(17,18)14-8(9(15)16)10(11,12)13/h2-5H,1H3,(H,15,16)/b14-8-. The third-order valence-electron chi connectivity index (χ3n) is 2.00. The fourth-order valence-electron chi connectivity index (χ4n) is 1.10. The summed E-state index contributed by atoms with van der Waals surface area (Å²) in [7, 11) is -4.72. The largest absolute Gasteiger partial charge is 0.476 e. The van der Waals surface area contributed by atoms with Gasteiger partial charge in [0.1, 0.15) is 0 Å². The number of hydrogen-bond donors (Lipinski definition) is 1. The van der Waals surface area contributed by atoms with Gasteiger partial charge in [-0.15, -0.1) is 4.40 Å². The lowest BCUT2D eigenvalue weighted by Gasteiger charge is -2.06. The van der Waals surface area contributed by atoms with E-state index in [2.05, 4.69) is 4.40 Å². The molecule has 104 valence electrons. The fraction of sp³-hybridized carbons (Fsp3) is 0.200. The van der Waals surface area contributed by atoms with Crippen LogP contribution in [0.2, 0.25) is 0 Å². The molecule has 1 rings (SSSR count). The Hall–Kier alpha value is -1.90. The van der Waals surface area contributed by atoms with Crippen molar-refractivity contribution in [1.82, 2.24) is 0 Å². The van der Waals surface area contributed by atoms with Crippen LogP contribution in [-0.4, -0.2) is 31.4 Å². The molecule has 0 unspecified atom stereocenters.